The molecule has 0 aliphatic carbocycles. The van der Waals surface area contributed by atoms with Crippen LogP contribution in [0.1, 0.15) is 13.8 Å². The summed E-state index contributed by atoms with van der Waals surface area (Å²) in [6.45, 7) is 3.45. The van der Waals surface area contributed by atoms with E-state index >= 15 is 0 Å². The Kier molecular flexibility index (Phi) is 8.95. The molecule has 1 aromatic heterocycles. The third kappa shape index (κ3) is 6.02. The van der Waals surface area contributed by atoms with Crippen LogP contribution in [-0.4, -0.2) is 55.4 Å². The van der Waals surface area contributed by atoms with E-state index in [2.05, 4.69) is 10.3 Å². The van der Waals surface area contributed by atoms with Crippen LogP contribution < -0.4 is 10.2 Å². The minimum atomic E-state index is -0.842. The Morgan fingerprint density at radius 3 is 2.39 bits per heavy atom. The predicted octanol–water partition coefficient (Wildman–Crippen LogP) is 2.74. The molecule has 0 bridgehead atoms. The van der Waals surface area contributed by atoms with Gasteiger partial charge in [-0.2, -0.15) is 0 Å². The van der Waals surface area contributed by atoms with E-state index in [1.807, 2.05) is 0 Å². The maximum Gasteiger partial charge on any atom is 0.347 e. The molecule has 0 unspecified atom stereocenters. The number of carbonyl (C=O) groups excluding carboxylic acids is 2. The number of aliphatic hydroxyl groups excluding tert-OH is 1. The second-order valence-corrected chi connectivity index (χ2v) is 6.32. The fourth-order valence-electron chi connectivity index (χ4n) is 2.86. The van der Waals surface area contributed by atoms with Crippen LogP contribution in [0.4, 0.5) is 15.8 Å². The highest BCUT2D eigenvalue weighted by Crippen LogP contribution is 2.38. The van der Waals surface area contributed by atoms with Gasteiger partial charge in [0.1, 0.15) is 5.82 Å². The number of halogens is 1. The molecule has 0 aliphatic heterocycles. The molecule has 8 nitrogen and oxygen atoms in total. The van der Waals surface area contributed by atoms with Crippen molar-refractivity contribution in [1.82, 2.24) is 4.98 Å². The molecule has 2 aromatic rings. The summed E-state index contributed by atoms with van der Waals surface area (Å²) in [5.41, 5.74) is 1.07. The molecule has 0 radical (unpaired) electrons. The molecule has 0 spiro atoms. The third-order valence-corrected chi connectivity index (χ3v) is 4.23. The fraction of sp³-hybridized carbons (Fsp3) is 0.318. The molecule has 2 N–H and O–H groups in total. The Balaban J connectivity index is 2.57. The fourth-order valence-corrected chi connectivity index (χ4v) is 2.86. The number of hydrogen-bond donors (Lipinski definition) is 2. The number of aromatic nitrogens is 1. The number of esters is 2. The van der Waals surface area contributed by atoms with Gasteiger partial charge in [-0.25, -0.2) is 14.0 Å². The number of ether oxygens (including phenoxy) is 2. The zero-order valence-electron chi connectivity index (χ0n) is 17.7. The first-order valence-corrected chi connectivity index (χ1v) is 9.81. The van der Waals surface area contributed by atoms with Crippen LogP contribution in [0.2, 0.25) is 0 Å². The quantitative estimate of drug-likeness (QED) is 0.256. The van der Waals surface area contributed by atoms with Gasteiger partial charge in [-0.15, -0.1) is 0 Å². The van der Waals surface area contributed by atoms with Crippen LogP contribution >= 0.6 is 0 Å². The molecule has 0 saturated heterocycles. The molecule has 0 saturated carbocycles. The van der Waals surface area contributed by atoms with Gasteiger partial charge in [0.05, 0.1) is 42.5 Å². The van der Waals surface area contributed by atoms with Gasteiger partial charge in [-0.3, -0.25) is 4.98 Å². The van der Waals surface area contributed by atoms with Crippen molar-refractivity contribution in [3.05, 3.63) is 54.1 Å². The SMILES string of the molecule is CCOC(=O)C(=CNc1ccc(F)c(-c2ccccn2)c1N(C)CCO)C(=O)OCC. The predicted molar refractivity (Wildman–Crippen MR) is 115 cm³/mol. The smallest absolute Gasteiger partial charge is 0.347 e. The number of likely N-dealkylation sites (N-methyl/N-ethyl adjacent to an activating group) is 1. The number of carbonyl (C=O) groups is 2. The van der Waals surface area contributed by atoms with E-state index in [1.165, 1.54) is 18.3 Å². The number of nitrogens with one attached hydrogen (secondary N) is 1. The zero-order valence-corrected chi connectivity index (χ0v) is 17.7. The van der Waals surface area contributed by atoms with Crippen molar-refractivity contribution in [2.45, 2.75) is 13.8 Å². The first-order chi connectivity index (χ1) is 14.9. The summed E-state index contributed by atoms with van der Waals surface area (Å²) in [5.74, 6) is -2.19. The van der Waals surface area contributed by atoms with Gasteiger partial charge in [-0.05, 0) is 38.1 Å². The molecule has 9 heteroatoms. The number of aliphatic hydroxyl groups is 1. The summed E-state index contributed by atoms with van der Waals surface area (Å²) >= 11 is 0. The molecular formula is C22H26FN3O5. The van der Waals surface area contributed by atoms with Crippen molar-refractivity contribution in [1.29, 1.82) is 0 Å². The maximum absolute atomic E-state index is 14.9. The van der Waals surface area contributed by atoms with Crippen LogP contribution in [0.15, 0.2) is 48.3 Å². The van der Waals surface area contributed by atoms with Crippen LogP contribution in [-0.2, 0) is 19.1 Å². The Bertz CT molecular complexity index is 914. The van der Waals surface area contributed by atoms with Crippen molar-refractivity contribution in [3.63, 3.8) is 0 Å². The maximum atomic E-state index is 14.9. The number of nitrogens with zero attached hydrogens (tertiary/aromatic N) is 2. The van der Waals surface area contributed by atoms with Crippen LogP contribution in [0.25, 0.3) is 11.3 Å². The number of benzene rings is 1. The molecule has 166 valence electrons. The molecule has 31 heavy (non-hydrogen) atoms. The van der Waals surface area contributed by atoms with Gasteiger partial charge in [0.2, 0.25) is 0 Å². The van der Waals surface area contributed by atoms with Gasteiger partial charge in [0, 0.05) is 26.0 Å². The van der Waals surface area contributed by atoms with E-state index in [1.54, 1.807) is 50.2 Å². The van der Waals surface area contributed by atoms with E-state index in [-0.39, 0.29) is 37.5 Å². The summed E-state index contributed by atoms with van der Waals surface area (Å²) in [4.78, 5) is 30.3. The van der Waals surface area contributed by atoms with Crippen molar-refractivity contribution >= 4 is 23.3 Å². The topological polar surface area (TPSA) is 101 Å². The van der Waals surface area contributed by atoms with E-state index in [0.717, 1.165) is 0 Å². The van der Waals surface area contributed by atoms with Gasteiger partial charge in [0.15, 0.2) is 5.57 Å². The molecule has 2 rings (SSSR count). The summed E-state index contributed by atoms with van der Waals surface area (Å²) < 4.78 is 24.7. The summed E-state index contributed by atoms with van der Waals surface area (Å²) in [7, 11) is 1.68. The van der Waals surface area contributed by atoms with Crippen LogP contribution in [0.5, 0.6) is 0 Å². The second-order valence-electron chi connectivity index (χ2n) is 6.32. The highest BCUT2D eigenvalue weighted by atomic mass is 19.1. The van der Waals surface area contributed by atoms with Gasteiger partial charge >= 0.3 is 11.9 Å². The number of hydrogen-bond acceptors (Lipinski definition) is 8. The Hall–Kier alpha value is -3.46. The molecule has 1 heterocycles. The van der Waals surface area contributed by atoms with Crippen molar-refractivity contribution < 1.29 is 28.6 Å². The molecule has 0 aliphatic rings. The van der Waals surface area contributed by atoms with Gasteiger partial charge in [-0.1, -0.05) is 6.07 Å². The molecule has 0 fully saturated rings. The Labute approximate surface area is 180 Å². The lowest BCUT2D eigenvalue weighted by Gasteiger charge is -2.25. The van der Waals surface area contributed by atoms with E-state index < -0.39 is 17.8 Å². The number of anilines is 2. The molecule has 0 amide bonds. The normalized spacial score (nSPS) is 10.2. The van der Waals surface area contributed by atoms with Gasteiger partial charge < -0.3 is 24.8 Å². The second kappa shape index (κ2) is 11.7. The molecule has 1 aromatic carbocycles. The van der Waals surface area contributed by atoms with Crippen molar-refractivity contribution in [3.8, 4) is 11.3 Å². The standard InChI is InChI=1S/C22H26FN3O5/c1-4-30-21(28)15(22(29)31-5-2)14-25-18-10-9-16(23)19(17-8-6-7-11-24-17)20(18)26(3)12-13-27/h6-11,14,25,27H,4-5,12-13H2,1-3H3. The minimum Gasteiger partial charge on any atom is -0.462 e. The first kappa shape index (κ1) is 23.8. The lowest BCUT2D eigenvalue weighted by atomic mass is 10.0. The highest BCUT2D eigenvalue weighted by molar-refractivity contribution is 6.14. The van der Waals surface area contributed by atoms with E-state index in [9.17, 15) is 19.1 Å². The summed E-state index contributed by atoms with van der Waals surface area (Å²) in [6.07, 6.45) is 2.71. The lowest BCUT2D eigenvalue weighted by Crippen LogP contribution is -2.24. The molecular weight excluding hydrogens is 405 g/mol. The largest absolute Gasteiger partial charge is 0.462 e. The summed E-state index contributed by atoms with van der Waals surface area (Å²) in [6, 6.07) is 7.84. The highest BCUT2D eigenvalue weighted by Gasteiger charge is 2.23. The van der Waals surface area contributed by atoms with Crippen LogP contribution in [0, 0.1) is 5.82 Å². The van der Waals surface area contributed by atoms with E-state index in [0.29, 0.717) is 17.1 Å². The number of pyridine rings is 1. The average molecular weight is 431 g/mol. The molecule has 0 atom stereocenters. The summed E-state index contributed by atoms with van der Waals surface area (Å²) in [5, 5.41) is 12.3. The van der Waals surface area contributed by atoms with Crippen molar-refractivity contribution in [2.24, 2.45) is 0 Å². The monoisotopic (exact) mass is 431 g/mol. The average Bonchev–Trinajstić information content (AvgIpc) is 2.75. The number of rotatable bonds is 10. The third-order valence-electron chi connectivity index (χ3n) is 4.23. The van der Waals surface area contributed by atoms with Crippen molar-refractivity contribution in [2.75, 3.05) is 43.6 Å². The van der Waals surface area contributed by atoms with Crippen LogP contribution in [0.3, 0.4) is 0 Å². The van der Waals surface area contributed by atoms with Gasteiger partial charge in [0.25, 0.3) is 0 Å². The Morgan fingerprint density at radius 2 is 1.84 bits per heavy atom. The minimum absolute atomic E-state index is 0.0838. The first-order valence-electron chi connectivity index (χ1n) is 9.81. The Morgan fingerprint density at radius 1 is 1.16 bits per heavy atom. The zero-order chi connectivity index (χ0) is 22.8. The van der Waals surface area contributed by atoms with E-state index in [4.69, 9.17) is 9.47 Å². The lowest BCUT2D eigenvalue weighted by molar-refractivity contribution is -0.146.